The number of rotatable bonds is 0. The van der Waals surface area contributed by atoms with Crippen molar-refractivity contribution in [2.24, 2.45) is 0 Å². The third-order valence-electron chi connectivity index (χ3n) is 2.64. The number of carbonyl (C=O) groups excluding carboxylic acids is 3. The van der Waals surface area contributed by atoms with Crippen LogP contribution < -0.4 is 16.0 Å². The van der Waals surface area contributed by atoms with E-state index in [2.05, 4.69) is 16.0 Å². The summed E-state index contributed by atoms with van der Waals surface area (Å²) in [6, 6.07) is 0. The van der Waals surface area contributed by atoms with E-state index in [9.17, 15) is 14.4 Å². The van der Waals surface area contributed by atoms with Gasteiger partial charge < -0.3 is 16.0 Å². The normalized spacial score (nSPS) is 19.1. The number of hydrogen-bond acceptors (Lipinski definition) is 3. The van der Waals surface area contributed by atoms with Crippen molar-refractivity contribution in [2.75, 3.05) is 19.6 Å². The Balaban J connectivity index is 2.50. The minimum atomic E-state index is -0.180. The van der Waals surface area contributed by atoms with Gasteiger partial charge in [0.1, 0.15) is 0 Å². The molecule has 0 aromatic carbocycles. The molecule has 1 aliphatic rings. The summed E-state index contributed by atoms with van der Waals surface area (Å²) in [6.45, 7) is 1.44. The fourth-order valence-corrected chi connectivity index (χ4v) is 1.58. The van der Waals surface area contributed by atoms with E-state index in [1.165, 1.54) is 18.2 Å². The third-order valence-corrected chi connectivity index (χ3v) is 2.64. The minimum absolute atomic E-state index is 0.180. The molecule has 0 unspecified atom stereocenters. The van der Waals surface area contributed by atoms with E-state index in [1.54, 1.807) is 18.2 Å². The van der Waals surface area contributed by atoms with Gasteiger partial charge in [-0.05, 0) is 37.5 Å². The lowest BCUT2D eigenvalue weighted by atomic mass is 10.3. The van der Waals surface area contributed by atoms with Gasteiger partial charge >= 0.3 is 0 Å². The van der Waals surface area contributed by atoms with Crippen LogP contribution in [0, 0.1) is 0 Å². The van der Waals surface area contributed by atoms with Gasteiger partial charge in [-0.2, -0.15) is 0 Å². The Morgan fingerprint density at radius 2 is 0.857 bits per heavy atom. The van der Waals surface area contributed by atoms with Crippen LogP contribution in [0.25, 0.3) is 0 Å². The lowest BCUT2D eigenvalue weighted by molar-refractivity contribution is -0.117. The monoisotopic (exact) mass is 291 g/mol. The third kappa shape index (κ3) is 9.21. The Morgan fingerprint density at radius 3 is 1.14 bits per heavy atom. The Hall–Kier alpha value is -2.37. The van der Waals surface area contributed by atoms with Crippen molar-refractivity contribution >= 4 is 17.7 Å². The van der Waals surface area contributed by atoms with Gasteiger partial charge in [-0.25, -0.2) is 0 Å². The average molecular weight is 291 g/mol. The summed E-state index contributed by atoms with van der Waals surface area (Å²) < 4.78 is 0. The molecule has 0 saturated heterocycles. The number of nitrogens with one attached hydrogen (secondary N) is 3. The van der Waals surface area contributed by atoms with Crippen molar-refractivity contribution in [3.8, 4) is 0 Å². The molecular weight excluding hydrogens is 270 g/mol. The van der Waals surface area contributed by atoms with Gasteiger partial charge in [0.05, 0.1) is 0 Å². The molecule has 0 fully saturated rings. The number of hydrogen-bond donors (Lipinski definition) is 3. The second-order valence-corrected chi connectivity index (χ2v) is 4.45. The largest absolute Gasteiger partial charge is 0.352 e. The predicted octanol–water partition coefficient (Wildman–Crippen LogP) is 0.188. The molecule has 0 bridgehead atoms. The van der Waals surface area contributed by atoms with Crippen LogP contribution in [0.2, 0.25) is 0 Å². The van der Waals surface area contributed by atoms with E-state index in [0.717, 1.165) is 0 Å². The molecule has 1 rings (SSSR count). The fraction of sp³-hybridized carbons (Fsp3) is 0.400. The van der Waals surface area contributed by atoms with Crippen LogP contribution in [-0.2, 0) is 14.4 Å². The SMILES string of the molecule is O=C1C=CCCNC(=O)C=CCCNC(=O)C=CCCN1. The highest BCUT2D eigenvalue weighted by atomic mass is 16.2. The van der Waals surface area contributed by atoms with E-state index < -0.39 is 0 Å². The molecule has 1 aliphatic heterocycles. The molecule has 1 heterocycles. The van der Waals surface area contributed by atoms with Crippen LogP contribution in [0.15, 0.2) is 36.5 Å². The molecule has 0 spiro atoms. The molecule has 3 amide bonds. The second-order valence-electron chi connectivity index (χ2n) is 4.45. The smallest absolute Gasteiger partial charge is 0.243 e. The van der Waals surface area contributed by atoms with Crippen LogP contribution in [0.5, 0.6) is 0 Å². The van der Waals surface area contributed by atoms with Crippen LogP contribution in [0.1, 0.15) is 19.3 Å². The summed E-state index contributed by atoms with van der Waals surface area (Å²) in [7, 11) is 0. The van der Waals surface area contributed by atoms with Gasteiger partial charge in [0.2, 0.25) is 17.7 Å². The fourth-order valence-electron chi connectivity index (χ4n) is 1.58. The molecule has 0 aromatic heterocycles. The van der Waals surface area contributed by atoms with Crippen LogP contribution >= 0.6 is 0 Å². The maximum absolute atomic E-state index is 11.4. The Kier molecular flexibility index (Phi) is 8.28. The zero-order valence-electron chi connectivity index (χ0n) is 11.9. The van der Waals surface area contributed by atoms with Gasteiger partial charge in [-0.15, -0.1) is 0 Å². The highest BCUT2D eigenvalue weighted by molar-refractivity contribution is 5.88. The van der Waals surface area contributed by atoms with Crippen molar-refractivity contribution in [1.29, 1.82) is 0 Å². The molecule has 114 valence electrons. The molecule has 0 saturated carbocycles. The zero-order valence-corrected chi connectivity index (χ0v) is 11.9. The molecule has 6 nitrogen and oxygen atoms in total. The predicted molar refractivity (Wildman–Crippen MR) is 80.3 cm³/mol. The van der Waals surface area contributed by atoms with Gasteiger partial charge in [-0.1, -0.05) is 18.2 Å². The average Bonchev–Trinajstić information content (AvgIpc) is 2.45. The highest BCUT2D eigenvalue weighted by Crippen LogP contribution is 1.87. The molecule has 3 N–H and O–H groups in total. The first-order chi connectivity index (χ1) is 10.2. The van der Waals surface area contributed by atoms with Crippen molar-refractivity contribution in [2.45, 2.75) is 19.3 Å². The number of carbonyl (C=O) groups is 3. The van der Waals surface area contributed by atoms with Crippen LogP contribution in [0.4, 0.5) is 0 Å². The zero-order chi connectivity index (χ0) is 15.3. The van der Waals surface area contributed by atoms with Gasteiger partial charge in [0.15, 0.2) is 0 Å². The molecule has 21 heavy (non-hydrogen) atoms. The summed E-state index contributed by atoms with van der Waals surface area (Å²) in [6.07, 6.45) is 11.3. The quantitative estimate of drug-likeness (QED) is 0.595. The molecule has 0 aromatic rings. The van der Waals surface area contributed by atoms with Crippen LogP contribution in [0.3, 0.4) is 0 Å². The Labute approximate surface area is 124 Å². The topological polar surface area (TPSA) is 87.3 Å². The van der Waals surface area contributed by atoms with Crippen molar-refractivity contribution < 1.29 is 14.4 Å². The summed E-state index contributed by atoms with van der Waals surface area (Å²) in [4.78, 5) is 34.2. The van der Waals surface area contributed by atoms with Gasteiger partial charge in [-0.3, -0.25) is 14.4 Å². The van der Waals surface area contributed by atoms with E-state index in [1.807, 2.05) is 0 Å². The van der Waals surface area contributed by atoms with Crippen LogP contribution in [-0.4, -0.2) is 37.4 Å². The summed E-state index contributed by atoms with van der Waals surface area (Å²) in [5, 5.41) is 8.11. The summed E-state index contributed by atoms with van der Waals surface area (Å²) in [5.41, 5.74) is 0. The lowest BCUT2D eigenvalue weighted by Gasteiger charge is -2.01. The first-order valence-corrected chi connectivity index (χ1v) is 7.01. The molecule has 0 atom stereocenters. The van der Waals surface area contributed by atoms with E-state index in [-0.39, 0.29) is 17.7 Å². The van der Waals surface area contributed by atoms with Crippen molar-refractivity contribution in [3.05, 3.63) is 36.5 Å². The molecular formula is C15H21N3O3. The Bertz CT molecular complexity index is 387. The van der Waals surface area contributed by atoms with Gasteiger partial charge in [0, 0.05) is 19.6 Å². The summed E-state index contributed by atoms with van der Waals surface area (Å²) >= 11 is 0. The number of amides is 3. The molecule has 0 radical (unpaired) electrons. The molecule has 0 aliphatic carbocycles. The Morgan fingerprint density at radius 1 is 0.571 bits per heavy atom. The summed E-state index contributed by atoms with van der Waals surface area (Å²) in [5.74, 6) is -0.541. The minimum Gasteiger partial charge on any atom is -0.352 e. The van der Waals surface area contributed by atoms with E-state index >= 15 is 0 Å². The standard InChI is InChI=1S/C15H21N3O3/c19-13-7-1-4-10-16-14(20)8-3-6-12-18-15(21)9-2-5-11-17-13/h1-3,7-9H,4-6,10-12H2,(H,16,20)(H,17,19)(H,18,21). The van der Waals surface area contributed by atoms with Crippen molar-refractivity contribution in [1.82, 2.24) is 16.0 Å². The second kappa shape index (κ2) is 10.4. The maximum Gasteiger partial charge on any atom is 0.243 e. The first kappa shape index (κ1) is 16.7. The lowest BCUT2D eigenvalue weighted by Crippen LogP contribution is -2.24. The first-order valence-electron chi connectivity index (χ1n) is 7.01. The molecule has 6 heteroatoms. The van der Waals surface area contributed by atoms with E-state index in [0.29, 0.717) is 38.9 Å². The van der Waals surface area contributed by atoms with Crippen molar-refractivity contribution in [3.63, 3.8) is 0 Å². The van der Waals surface area contributed by atoms with Gasteiger partial charge in [0.25, 0.3) is 0 Å². The highest BCUT2D eigenvalue weighted by Gasteiger charge is 1.97. The maximum atomic E-state index is 11.4. The van der Waals surface area contributed by atoms with E-state index in [4.69, 9.17) is 0 Å².